The Morgan fingerprint density at radius 3 is 2.20 bits per heavy atom. The van der Waals surface area contributed by atoms with E-state index in [-0.39, 0.29) is 12.1 Å². The van der Waals surface area contributed by atoms with Crippen molar-refractivity contribution in [2.24, 2.45) is 5.92 Å². The lowest BCUT2D eigenvalue weighted by molar-refractivity contribution is 0.129. The molecule has 0 aliphatic carbocycles. The minimum atomic E-state index is -0.0933. The fourth-order valence-electron chi connectivity index (χ4n) is 2.79. The molecule has 0 amide bonds. The molecule has 2 N–H and O–H groups in total. The van der Waals surface area contributed by atoms with Crippen molar-refractivity contribution in [3.8, 4) is 0 Å². The molecule has 2 atom stereocenters. The molecular weight excluding hydrogens is 248 g/mol. The van der Waals surface area contributed by atoms with Crippen molar-refractivity contribution in [2.45, 2.75) is 78.8 Å². The van der Waals surface area contributed by atoms with Gasteiger partial charge in [0.25, 0.3) is 0 Å². The van der Waals surface area contributed by atoms with Crippen molar-refractivity contribution < 1.29 is 5.11 Å². The minimum absolute atomic E-state index is 0.0933. The Labute approximate surface area is 127 Å². The lowest BCUT2D eigenvalue weighted by Crippen LogP contribution is -2.51. The highest BCUT2D eigenvalue weighted by molar-refractivity contribution is 4.87. The zero-order chi connectivity index (χ0) is 15.6. The number of hydrogen-bond acceptors (Lipinski definition) is 3. The van der Waals surface area contributed by atoms with E-state index in [1.807, 2.05) is 0 Å². The van der Waals surface area contributed by atoms with E-state index in [4.69, 9.17) is 0 Å². The summed E-state index contributed by atoms with van der Waals surface area (Å²) in [6.45, 7) is 17.0. The van der Waals surface area contributed by atoms with Crippen molar-refractivity contribution >= 4 is 0 Å². The number of aliphatic hydroxyl groups is 1. The van der Waals surface area contributed by atoms with Crippen LogP contribution in [0, 0.1) is 5.92 Å². The van der Waals surface area contributed by atoms with Gasteiger partial charge in [0.05, 0.1) is 6.61 Å². The Balaban J connectivity index is 4.27. The smallest absolute Gasteiger partial charge is 0.0613 e. The van der Waals surface area contributed by atoms with Crippen molar-refractivity contribution in [1.82, 2.24) is 10.2 Å². The highest BCUT2D eigenvalue weighted by atomic mass is 16.3. The second-order valence-corrected chi connectivity index (χ2v) is 6.60. The van der Waals surface area contributed by atoms with Crippen LogP contribution in [0.25, 0.3) is 0 Å². The summed E-state index contributed by atoms with van der Waals surface area (Å²) in [6.07, 6.45) is 4.44. The van der Waals surface area contributed by atoms with Gasteiger partial charge in [0.15, 0.2) is 0 Å². The topological polar surface area (TPSA) is 35.5 Å². The van der Waals surface area contributed by atoms with E-state index in [1.54, 1.807) is 0 Å². The standard InChI is InChI=1S/C17H38N2O/c1-7-16(6)13-19(9-3)12-10-11-17(8-2,14-20)18-15(4)5/h15-16,18,20H,7-14H2,1-6H3. The van der Waals surface area contributed by atoms with Gasteiger partial charge in [-0.1, -0.05) is 48.0 Å². The highest BCUT2D eigenvalue weighted by Crippen LogP contribution is 2.18. The van der Waals surface area contributed by atoms with Crippen LogP contribution < -0.4 is 5.32 Å². The molecule has 2 unspecified atom stereocenters. The lowest BCUT2D eigenvalue weighted by atomic mass is 9.90. The normalized spacial score (nSPS) is 16.6. The second-order valence-electron chi connectivity index (χ2n) is 6.60. The largest absolute Gasteiger partial charge is 0.394 e. The fourth-order valence-corrected chi connectivity index (χ4v) is 2.79. The van der Waals surface area contributed by atoms with Crippen LogP contribution in [0.4, 0.5) is 0 Å². The van der Waals surface area contributed by atoms with E-state index < -0.39 is 0 Å². The zero-order valence-corrected chi connectivity index (χ0v) is 14.7. The van der Waals surface area contributed by atoms with Gasteiger partial charge in [0, 0.05) is 18.1 Å². The molecule has 20 heavy (non-hydrogen) atoms. The van der Waals surface area contributed by atoms with E-state index in [0.717, 1.165) is 38.3 Å². The second kappa shape index (κ2) is 10.6. The molecule has 3 heteroatoms. The Morgan fingerprint density at radius 2 is 1.80 bits per heavy atom. The molecule has 0 rings (SSSR count). The lowest BCUT2D eigenvalue weighted by Gasteiger charge is -2.35. The Hall–Kier alpha value is -0.120. The van der Waals surface area contributed by atoms with Gasteiger partial charge in [-0.25, -0.2) is 0 Å². The first-order valence-electron chi connectivity index (χ1n) is 8.53. The first-order valence-corrected chi connectivity index (χ1v) is 8.53. The number of nitrogens with one attached hydrogen (secondary N) is 1. The zero-order valence-electron chi connectivity index (χ0n) is 14.7. The molecule has 0 aromatic heterocycles. The average Bonchev–Trinajstić information content (AvgIpc) is 2.44. The Morgan fingerprint density at radius 1 is 1.15 bits per heavy atom. The molecule has 0 heterocycles. The molecule has 0 aromatic rings. The maximum absolute atomic E-state index is 9.76. The van der Waals surface area contributed by atoms with Crippen LogP contribution in [-0.2, 0) is 0 Å². The van der Waals surface area contributed by atoms with Gasteiger partial charge >= 0.3 is 0 Å². The number of nitrogens with zero attached hydrogens (tertiary/aromatic N) is 1. The summed E-state index contributed by atoms with van der Waals surface area (Å²) in [4.78, 5) is 2.54. The monoisotopic (exact) mass is 286 g/mol. The van der Waals surface area contributed by atoms with Crippen LogP contribution in [0.15, 0.2) is 0 Å². The number of hydrogen-bond donors (Lipinski definition) is 2. The molecule has 0 aliphatic heterocycles. The van der Waals surface area contributed by atoms with Crippen LogP contribution in [0.3, 0.4) is 0 Å². The first-order chi connectivity index (χ1) is 9.42. The average molecular weight is 287 g/mol. The summed E-state index contributed by atoms with van der Waals surface area (Å²) in [7, 11) is 0. The quantitative estimate of drug-likeness (QED) is 0.578. The molecule has 0 saturated carbocycles. The van der Waals surface area contributed by atoms with Crippen molar-refractivity contribution in [3.05, 3.63) is 0 Å². The van der Waals surface area contributed by atoms with Crippen molar-refractivity contribution in [2.75, 3.05) is 26.2 Å². The maximum atomic E-state index is 9.76. The van der Waals surface area contributed by atoms with E-state index in [0.29, 0.717) is 6.04 Å². The summed E-state index contributed by atoms with van der Waals surface area (Å²) < 4.78 is 0. The van der Waals surface area contributed by atoms with Crippen LogP contribution in [0.5, 0.6) is 0 Å². The molecule has 3 nitrogen and oxygen atoms in total. The summed E-state index contributed by atoms with van der Waals surface area (Å²) in [5.74, 6) is 0.775. The molecule has 0 bridgehead atoms. The highest BCUT2D eigenvalue weighted by Gasteiger charge is 2.27. The SMILES string of the molecule is CCC(C)CN(CC)CCCC(CC)(CO)NC(C)C. The molecular formula is C17H38N2O. The number of rotatable bonds is 12. The van der Waals surface area contributed by atoms with Gasteiger partial charge < -0.3 is 15.3 Å². The summed E-state index contributed by atoms with van der Waals surface area (Å²) in [6, 6.07) is 0.421. The molecule has 0 aliphatic rings. The Bertz CT molecular complexity index is 227. The first kappa shape index (κ1) is 19.9. The van der Waals surface area contributed by atoms with E-state index in [2.05, 4.69) is 51.8 Å². The van der Waals surface area contributed by atoms with E-state index >= 15 is 0 Å². The molecule has 0 radical (unpaired) electrons. The van der Waals surface area contributed by atoms with Gasteiger partial charge in [-0.2, -0.15) is 0 Å². The van der Waals surface area contributed by atoms with Gasteiger partial charge in [-0.15, -0.1) is 0 Å². The van der Waals surface area contributed by atoms with Crippen molar-refractivity contribution in [1.29, 1.82) is 0 Å². The summed E-state index contributed by atoms with van der Waals surface area (Å²) in [5, 5.41) is 13.3. The van der Waals surface area contributed by atoms with Crippen LogP contribution in [0.2, 0.25) is 0 Å². The molecule has 0 spiro atoms. The third kappa shape index (κ3) is 7.61. The van der Waals surface area contributed by atoms with Crippen LogP contribution in [-0.4, -0.2) is 47.8 Å². The van der Waals surface area contributed by atoms with Crippen molar-refractivity contribution in [3.63, 3.8) is 0 Å². The minimum Gasteiger partial charge on any atom is -0.394 e. The van der Waals surface area contributed by atoms with Gasteiger partial charge in [-0.3, -0.25) is 0 Å². The predicted octanol–water partition coefficient (Wildman–Crippen LogP) is 3.27. The third-order valence-electron chi connectivity index (χ3n) is 4.42. The molecule has 0 saturated heterocycles. The third-order valence-corrected chi connectivity index (χ3v) is 4.42. The van der Waals surface area contributed by atoms with Gasteiger partial charge in [0.1, 0.15) is 0 Å². The summed E-state index contributed by atoms with van der Waals surface area (Å²) in [5.41, 5.74) is -0.0933. The summed E-state index contributed by atoms with van der Waals surface area (Å²) >= 11 is 0. The molecule has 0 fully saturated rings. The molecule has 122 valence electrons. The molecule has 0 aromatic carbocycles. The van der Waals surface area contributed by atoms with Gasteiger partial charge in [-0.05, 0) is 38.3 Å². The van der Waals surface area contributed by atoms with E-state index in [1.165, 1.54) is 13.0 Å². The van der Waals surface area contributed by atoms with Gasteiger partial charge in [0.2, 0.25) is 0 Å². The number of aliphatic hydroxyl groups excluding tert-OH is 1. The maximum Gasteiger partial charge on any atom is 0.0613 e. The fraction of sp³-hybridized carbons (Fsp3) is 1.00. The van der Waals surface area contributed by atoms with E-state index in [9.17, 15) is 5.11 Å². The Kier molecular flexibility index (Phi) is 10.5. The van der Waals surface area contributed by atoms with Crippen LogP contribution >= 0.6 is 0 Å². The van der Waals surface area contributed by atoms with Crippen LogP contribution in [0.1, 0.15) is 67.2 Å². The predicted molar refractivity (Wildman–Crippen MR) is 89.2 cm³/mol.